The predicted octanol–water partition coefficient (Wildman–Crippen LogP) is 3.87. The summed E-state index contributed by atoms with van der Waals surface area (Å²) in [7, 11) is 0. The van der Waals surface area contributed by atoms with Crippen molar-refractivity contribution in [3.63, 3.8) is 0 Å². The van der Waals surface area contributed by atoms with Gasteiger partial charge >= 0.3 is 0 Å². The van der Waals surface area contributed by atoms with Crippen LogP contribution in [-0.4, -0.2) is 9.36 Å². The van der Waals surface area contributed by atoms with E-state index in [-0.39, 0.29) is 15.8 Å². The van der Waals surface area contributed by atoms with E-state index in [0.717, 1.165) is 0 Å². The molecule has 1 aromatic heterocycles. The van der Waals surface area contributed by atoms with Crippen molar-refractivity contribution in [2.75, 3.05) is 0 Å². The first-order chi connectivity index (χ1) is 7.68. The molecule has 1 aromatic carbocycles. The summed E-state index contributed by atoms with van der Waals surface area (Å²) in [5.41, 5.74) is 0.0505. The Bertz CT molecular complexity index is 491. The second-order valence-electron chi connectivity index (χ2n) is 2.82. The summed E-state index contributed by atoms with van der Waals surface area (Å²) in [6.07, 6.45) is 1.42. The molecule has 84 valence electrons. The van der Waals surface area contributed by atoms with E-state index in [1.165, 1.54) is 41.8 Å². The molecule has 0 N–H and O–H groups in total. The van der Waals surface area contributed by atoms with Crippen LogP contribution in [0, 0.1) is 11.6 Å². The van der Waals surface area contributed by atoms with Crippen LogP contribution in [0.3, 0.4) is 0 Å². The molecule has 0 radical (unpaired) electrons. The minimum atomic E-state index is -0.558. The minimum absolute atomic E-state index is 0.0505. The van der Waals surface area contributed by atoms with Crippen molar-refractivity contribution >= 4 is 39.2 Å². The molecule has 0 unspecified atom stereocenters. The molecule has 7 heteroatoms. The maximum Gasteiger partial charge on any atom is 0.170 e. The molecule has 0 saturated carbocycles. The minimum Gasteiger partial charge on any atom is -0.216 e. The number of hydrogen-bond donors (Lipinski definition) is 0. The molecule has 0 fully saturated rings. The Morgan fingerprint density at radius 2 is 2.19 bits per heavy atom. The Morgan fingerprint density at radius 1 is 1.38 bits per heavy atom. The summed E-state index contributed by atoms with van der Waals surface area (Å²) in [4.78, 5) is 3.93. The molecule has 0 atom stereocenters. The highest BCUT2D eigenvalue weighted by molar-refractivity contribution is 9.10. The van der Waals surface area contributed by atoms with Gasteiger partial charge in [-0.2, -0.15) is 4.37 Å². The lowest BCUT2D eigenvalue weighted by Crippen LogP contribution is -1.94. The van der Waals surface area contributed by atoms with E-state index in [2.05, 4.69) is 25.3 Å². The van der Waals surface area contributed by atoms with Crippen LogP contribution in [0.5, 0.6) is 0 Å². The van der Waals surface area contributed by atoms with E-state index in [1.54, 1.807) is 0 Å². The number of hydrogen-bond acceptors (Lipinski definition) is 4. The molecule has 16 heavy (non-hydrogen) atoms. The molecule has 2 nitrogen and oxygen atoms in total. The molecule has 0 bridgehead atoms. The highest BCUT2D eigenvalue weighted by Gasteiger charge is 2.13. The number of benzene rings is 1. The van der Waals surface area contributed by atoms with E-state index >= 15 is 0 Å². The van der Waals surface area contributed by atoms with Crippen molar-refractivity contribution < 1.29 is 8.78 Å². The topological polar surface area (TPSA) is 25.8 Å². The summed E-state index contributed by atoms with van der Waals surface area (Å²) < 4.78 is 31.7. The van der Waals surface area contributed by atoms with Gasteiger partial charge in [-0.05, 0) is 39.6 Å². The quantitative estimate of drug-likeness (QED) is 0.633. The second-order valence-corrected chi connectivity index (χ2v) is 5.67. The van der Waals surface area contributed by atoms with Crippen LogP contribution in [0.15, 0.2) is 27.3 Å². The van der Waals surface area contributed by atoms with Gasteiger partial charge in [-0.15, -0.1) is 0 Å². The zero-order valence-corrected chi connectivity index (χ0v) is 11.0. The molecule has 0 aliphatic carbocycles. The Hall–Kier alpha value is -0.530. The lowest BCUT2D eigenvalue weighted by atomic mass is 10.2. The van der Waals surface area contributed by atoms with Crippen LogP contribution in [0.1, 0.15) is 5.56 Å². The number of nitrogens with zero attached hydrogens (tertiary/aromatic N) is 2. The lowest BCUT2D eigenvalue weighted by Gasteiger charge is -2.04. The third-order valence-electron chi connectivity index (χ3n) is 1.82. The lowest BCUT2D eigenvalue weighted by molar-refractivity contribution is 0.562. The average Bonchev–Trinajstić information content (AvgIpc) is 2.77. The number of aromatic nitrogens is 2. The summed E-state index contributed by atoms with van der Waals surface area (Å²) in [6.45, 7) is 0. The number of rotatable bonds is 3. The third-order valence-corrected chi connectivity index (χ3v) is 4.26. The van der Waals surface area contributed by atoms with Crippen LogP contribution in [-0.2, 0) is 5.75 Å². The van der Waals surface area contributed by atoms with Crippen LogP contribution in [0.4, 0.5) is 8.78 Å². The maximum atomic E-state index is 13.6. The number of thioether (sulfide) groups is 1. The molecule has 0 amide bonds. The van der Waals surface area contributed by atoms with Gasteiger partial charge in [0.2, 0.25) is 0 Å². The van der Waals surface area contributed by atoms with Gasteiger partial charge in [0.15, 0.2) is 4.34 Å². The van der Waals surface area contributed by atoms with Crippen LogP contribution < -0.4 is 0 Å². The fourth-order valence-electron chi connectivity index (χ4n) is 1.06. The molecule has 0 aliphatic heterocycles. The molecular formula is C9H5BrF2N2S2. The highest BCUT2D eigenvalue weighted by atomic mass is 79.9. The van der Waals surface area contributed by atoms with E-state index in [0.29, 0.717) is 4.34 Å². The van der Waals surface area contributed by atoms with E-state index in [9.17, 15) is 8.78 Å². The highest BCUT2D eigenvalue weighted by Crippen LogP contribution is 2.28. The fraction of sp³-hybridized carbons (Fsp3) is 0.111. The van der Waals surface area contributed by atoms with Crippen LogP contribution in [0.2, 0.25) is 0 Å². The van der Waals surface area contributed by atoms with E-state index in [4.69, 9.17) is 0 Å². The van der Waals surface area contributed by atoms with Gasteiger partial charge in [-0.3, -0.25) is 0 Å². The molecule has 1 heterocycles. The second kappa shape index (κ2) is 5.20. The zero-order valence-electron chi connectivity index (χ0n) is 7.78. The monoisotopic (exact) mass is 322 g/mol. The maximum absolute atomic E-state index is 13.6. The van der Waals surface area contributed by atoms with Gasteiger partial charge in [0.1, 0.15) is 18.0 Å². The zero-order chi connectivity index (χ0) is 11.5. The van der Waals surface area contributed by atoms with E-state index < -0.39 is 11.6 Å². The van der Waals surface area contributed by atoms with Crippen molar-refractivity contribution in [1.29, 1.82) is 0 Å². The Balaban J connectivity index is 2.18. The summed E-state index contributed by atoms with van der Waals surface area (Å²) >= 11 is 5.49. The van der Waals surface area contributed by atoms with Crippen molar-refractivity contribution in [3.05, 3.63) is 40.1 Å². The predicted molar refractivity (Wildman–Crippen MR) is 63.5 cm³/mol. The normalized spacial score (nSPS) is 10.7. The summed E-state index contributed by atoms with van der Waals surface area (Å²) in [6, 6.07) is 2.59. The van der Waals surface area contributed by atoms with Gasteiger partial charge in [-0.1, -0.05) is 11.8 Å². The smallest absolute Gasteiger partial charge is 0.170 e. The summed E-state index contributed by atoms with van der Waals surface area (Å²) in [5.74, 6) is -0.901. The van der Waals surface area contributed by atoms with Crippen molar-refractivity contribution in [2.45, 2.75) is 10.1 Å². The Morgan fingerprint density at radius 3 is 2.88 bits per heavy atom. The molecular weight excluding hydrogens is 318 g/mol. The van der Waals surface area contributed by atoms with Gasteiger partial charge in [0.25, 0.3) is 0 Å². The Kier molecular flexibility index (Phi) is 3.88. The molecule has 2 aromatic rings. The van der Waals surface area contributed by atoms with Crippen LogP contribution >= 0.6 is 39.2 Å². The third kappa shape index (κ3) is 2.58. The molecule has 0 saturated heterocycles. The first-order valence-electron chi connectivity index (χ1n) is 4.20. The standard InChI is InChI=1S/C9H5BrF2N2S2/c10-6-1-2-7(11)5(8(6)12)3-15-9-13-4-14-16-9/h1-2,4H,3H2. The number of halogens is 3. The van der Waals surface area contributed by atoms with Crippen molar-refractivity contribution in [1.82, 2.24) is 9.36 Å². The molecule has 2 rings (SSSR count). The van der Waals surface area contributed by atoms with Crippen LogP contribution in [0.25, 0.3) is 0 Å². The van der Waals surface area contributed by atoms with Crippen molar-refractivity contribution in [3.8, 4) is 0 Å². The van der Waals surface area contributed by atoms with Gasteiger partial charge in [0.05, 0.1) is 4.47 Å². The first kappa shape index (κ1) is 11.9. The van der Waals surface area contributed by atoms with Crippen molar-refractivity contribution in [2.24, 2.45) is 0 Å². The SMILES string of the molecule is Fc1ccc(Br)c(F)c1CSc1ncns1. The van der Waals surface area contributed by atoms with Gasteiger partial charge in [0, 0.05) is 11.3 Å². The van der Waals surface area contributed by atoms with Gasteiger partial charge < -0.3 is 0 Å². The largest absolute Gasteiger partial charge is 0.216 e. The average molecular weight is 323 g/mol. The first-order valence-corrected chi connectivity index (χ1v) is 6.75. The Labute approximate surface area is 107 Å². The molecule has 0 spiro atoms. The fourth-order valence-corrected chi connectivity index (χ4v) is 2.88. The summed E-state index contributed by atoms with van der Waals surface area (Å²) in [5, 5.41) is 0. The van der Waals surface area contributed by atoms with Gasteiger partial charge in [-0.25, -0.2) is 13.8 Å². The molecule has 0 aliphatic rings. The van der Waals surface area contributed by atoms with E-state index in [1.807, 2.05) is 0 Å².